The highest BCUT2D eigenvalue weighted by atomic mass is 35.5. The van der Waals surface area contributed by atoms with Crippen molar-refractivity contribution in [1.82, 2.24) is 0 Å². The zero-order valence-electron chi connectivity index (χ0n) is 7.21. The molecule has 0 fully saturated rings. The van der Waals surface area contributed by atoms with E-state index in [9.17, 15) is 18.9 Å². The molecule has 0 spiro atoms. The number of hydrogen-bond donors (Lipinski definition) is 1. The number of halogens is 1. The van der Waals surface area contributed by atoms with E-state index < -0.39 is 21.1 Å². The van der Waals surface area contributed by atoms with E-state index in [4.69, 9.17) is 11.6 Å². The second-order valence-electron chi connectivity index (χ2n) is 2.44. The van der Waals surface area contributed by atoms with E-state index in [2.05, 4.69) is 10.2 Å². The summed E-state index contributed by atoms with van der Waals surface area (Å²) in [5.41, 5.74) is -0.505. The Kier molecular flexibility index (Phi) is 3.37. The summed E-state index contributed by atoms with van der Waals surface area (Å²) >= 11 is 5.49. The van der Waals surface area contributed by atoms with Gasteiger partial charge in [0, 0.05) is 6.07 Å². The van der Waals surface area contributed by atoms with Crippen molar-refractivity contribution in [2.45, 2.75) is 4.90 Å². The average Bonchev–Trinajstić information content (AvgIpc) is 2.17. The van der Waals surface area contributed by atoms with Gasteiger partial charge in [-0.3, -0.25) is 10.1 Å². The van der Waals surface area contributed by atoms with Gasteiger partial charge in [-0.15, -0.1) is 0 Å². The van der Waals surface area contributed by atoms with Crippen molar-refractivity contribution < 1.29 is 23.9 Å². The first-order valence-corrected chi connectivity index (χ1v) is 5.29. The molecule has 15 heavy (non-hydrogen) atoms. The highest BCUT2D eigenvalue weighted by Gasteiger charge is 2.38. The van der Waals surface area contributed by atoms with Crippen LogP contribution in [0.2, 0.25) is 5.02 Å². The lowest BCUT2D eigenvalue weighted by Gasteiger charge is -1.96. The predicted octanol–water partition coefficient (Wildman–Crippen LogP) is 0.541. The molecule has 0 bridgehead atoms. The van der Waals surface area contributed by atoms with Gasteiger partial charge in [0.2, 0.25) is 4.90 Å². The van der Waals surface area contributed by atoms with Crippen LogP contribution >= 0.6 is 11.6 Å². The van der Waals surface area contributed by atoms with Crippen LogP contribution in [-0.2, 0) is 23.5 Å². The molecule has 9 heteroatoms. The van der Waals surface area contributed by atoms with E-state index in [1.807, 2.05) is 0 Å². The highest BCUT2D eigenvalue weighted by Crippen LogP contribution is 2.29. The summed E-state index contributed by atoms with van der Waals surface area (Å²) in [5.74, 6) is 2.74. The summed E-state index contributed by atoms with van der Waals surface area (Å²) in [4.78, 5) is 9.30. The molecule has 1 rings (SSSR count). The average molecular weight is 254 g/mol. The first-order valence-electron chi connectivity index (χ1n) is 3.51. The SMILES string of the molecule is [NH3+]O[S+]([O])(=O)c1ccc(Cl)c([N+](=O)[O-])c1. The third kappa shape index (κ3) is 2.49. The molecular formula is C6H6ClN2O5S+2. The smallest absolute Gasteiger partial charge is 0.258 e. The maximum Gasteiger partial charge on any atom is 0.482 e. The Hall–Kier alpha value is -1.06. The zero-order valence-corrected chi connectivity index (χ0v) is 8.79. The Morgan fingerprint density at radius 2 is 2.13 bits per heavy atom. The molecule has 0 aliphatic rings. The van der Waals surface area contributed by atoms with Crippen molar-refractivity contribution in [1.29, 1.82) is 0 Å². The number of rotatable bonds is 3. The number of nitro benzene ring substituents is 1. The maximum atomic E-state index is 11.1. The third-order valence-corrected chi connectivity index (χ3v) is 3.02. The Balaban J connectivity index is 3.31. The summed E-state index contributed by atoms with van der Waals surface area (Å²) in [6, 6.07) is 3.00. The normalized spacial score (nSPS) is 14.6. The molecule has 0 amide bonds. The lowest BCUT2D eigenvalue weighted by molar-refractivity contribution is -0.637. The van der Waals surface area contributed by atoms with Crippen molar-refractivity contribution >= 4 is 27.8 Å². The predicted molar refractivity (Wildman–Crippen MR) is 49.1 cm³/mol. The van der Waals surface area contributed by atoms with Gasteiger partial charge in [-0.2, -0.15) is 5.90 Å². The molecule has 7 nitrogen and oxygen atoms in total. The van der Waals surface area contributed by atoms with E-state index in [0.29, 0.717) is 0 Å². The number of nitro groups is 1. The van der Waals surface area contributed by atoms with Gasteiger partial charge < -0.3 is 0 Å². The van der Waals surface area contributed by atoms with Crippen molar-refractivity contribution in [2.24, 2.45) is 0 Å². The van der Waals surface area contributed by atoms with Crippen LogP contribution in [0.1, 0.15) is 0 Å². The fourth-order valence-corrected chi connectivity index (χ4v) is 1.67. The number of quaternary nitrogens is 1. The second-order valence-corrected chi connectivity index (χ2v) is 4.46. The number of nitrogens with zero attached hydrogens (tertiary/aromatic N) is 1. The molecule has 1 radical (unpaired) electrons. The lowest BCUT2D eigenvalue weighted by atomic mass is 10.3. The van der Waals surface area contributed by atoms with E-state index in [0.717, 1.165) is 18.2 Å². The Morgan fingerprint density at radius 1 is 1.53 bits per heavy atom. The van der Waals surface area contributed by atoms with Crippen LogP contribution < -0.4 is 5.90 Å². The van der Waals surface area contributed by atoms with Gasteiger partial charge in [0.05, 0.1) is 19.8 Å². The Morgan fingerprint density at radius 3 is 2.60 bits per heavy atom. The zero-order chi connectivity index (χ0) is 11.6. The van der Waals surface area contributed by atoms with Gasteiger partial charge in [0.15, 0.2) is 0 Å². The van der Waals surface area contributed by atoms with Crippen LogP contribution in [0.5, 0.6) is 0 Å². The summed E-state index contributed by atoms with van der Waals surface area (Å²) < 4.78 is 26.2. The molecule has 1 aromatic carbocycles. The molecule has 0 saturated carbocycles. The molecule has 0 heterocycles. The van der Waals surface area contributed by atoms with Crippen molar-refractivity contribution in [3.8, 4) is 0 Å². The topological polar surface area (TPSA) is 117 Å². The molecule has 1 unspecified atom stereocenters. The van der Waals surface area contributed by atoms with Crippen molar-refractivity contribution in [3.05, 3.63) is 33.3 Å². The summed E-state index contributed by atoms with van der Waals surface area (Å²) in [5, 5.41) is 10.3. The second kappa shape index (κ2) is 4.21. The molecule has 1 atom stereocenters. The Labute approximate surface area is 90.3 Å². The summed E-state index contributed by atoms with van der Waals surface area (Å²) in [7, 11) is -4.05. The molecule has 3 N–H and O–H groups in total. The summed E-state index contributed by atoms with van der Waals surface area (Å²) in [6.07, 6.45) is 0. The first kappa shape index (κ1) is 12.0. The van der Waals surface area contributed by atoms with Crippen molar-refractivity contribution in [2.75, 3.05) is 0 Å². The van der Waals surface area contributed by atoms with Crippen LogP contribution in [-0.4, -0.2) is 4.92 Å². The van der Waals surface area contributed by atoms with Crippen LogP contribution in [0.15, 0.2) is 23.1 Å². The van der Waals surface area contributed by atoms with Gasteiger partial charge in [0.25, 0.3) is 5.69 Å². The minimum atomic E-state index is -4.05. The monoisotopic (exact) mass is 253 g/mol. The van der Waals surface area contributed by atoms with E-state index in [1.165, 1.54) is 0 Å². The van der Waals surface area contributed by atoms with Crippen molar-refractivity contribution in [3.63, 3.8) is 0 Å². The largest absolute Gasteiger partial charge is 0.482 e. The Bertz CT molecular complexity index is 451. The van der Waals surface area contributed by atoms with Crippen LogP contribution in [0.4, 0.5) is 5.69 Å². The minimum Gasteiger partial charge on any atom is -0.258 e. The van der Waals surface area contributed by atoms with Gasteiger partial charge in [-0.05, 0) is 10.3 Å². The molecule has 0 saturated heterocycles. The quantitative estimate of drug-likeness (QED) is 0.480. The molecule has 0 aliphatic heterocycles. The van der Waals surface area contributed by atoms with E-state index in [-0.39, 0.29) is 9.92 Å². The van der Waals surface area contributed by atoms with Crippen LogP contribution in [0.3, 0.4) is 0 Å². The van der Waals surface area contributed by atoms with Gasteiger partial charge in [-0.1, -0.05) is 11.6 Å². The highest BCUT2D eigenvalue weighted by molar-refractivity contribution is 7.92. The van der Waals surface area contributed by atoms with Gasteiger partial charge in [-0.25, -0.2) is 0 Å². The van der Waals surface area contributed by atoms with Crippen LogP contribution in [0, 0.1) is 10.1 Å². The summed E-state index contributed by atoms with van der Waals surface area (Å²) in [6.45, 7) is 0. The minimum absolute atomic E-state index is 0.150. The molecule has 0 aliphatic carbocycles. The molecule has 1 aromatic rings. The van der Waals surface area contributed by atoms with Gasteiger partial charge in [0.1, 0.15) is 5.02 Å². The van der Waals surface area contributed by atoms with Gasteiger partial charge >= 0.3 is 10.5 Å². The molecular weight excluding hydrogens is 248 g/mol. The third-order valence-electron chi connectivity index (χ3n) is 1.56. The van der Waals surface area contributed by atoms with E-state index in [1.54, 1.807) is 0 Å². The van der Waals surface area contributed by atoms with Crippen LogP contribution in [0.25, 0.3) is 0 Å². The van der Waals surface area contributed by atoms with E-state index >= 15 is 0 Å². The lowest BCUT2D eigenvalue weighted by Crippen LogP contribution is -2.52. The first-order chi connectivity index (χ1) is 6.88. The fourth-order valence-electron chi connectivity index (χ4n) is 0.856. The maximum absolute atomic E-state index is 11.1. The molecule has 81 valence electrons. The molecule has 0 aromatic heterocycles. The standard InChI is InChI=1S/C6H6ClN2O5S/c7-5-2-1-4(15(12,13)14-8)3-6(5)9(10)11/h1-3H,8H3/q+2. The fraction of sp³-hybridized carbons (Fsp3) is 0. The number of benzene rings is 1. The number of hydrogen-bond acceptors (Lipinski definition) is 4.